The van der Waals surface area contributed by atoms with Gasteiger partial charge in [-0.3, -0.25) is 4.79 Å². The standard InChI is InChI=1S/C28H37NO4/c1-3-4-9-19(2)23(30)15-14-21-24(31)18-25-27(21)22-12-7-10-20(28(22)33-25)11-8-13-26(32)29-16-5-6-17-29/h7,10,12,14-15,19,21,23-25,27,30-31H,5-6,8-9,11,13,16-18H2,1-2H3/b15-14+/t19-,21-,23+,24+,25-,27-/m0/s1. The summed E-state index contributed by atoms with van der Waals surface area (Å²) < 4.78 is 6.36. The van der Waals surface area contributed by atoms with E-state index in [-0.39, 0.29) is 29.8 Å². The average molecular weight is 452 g/mol. The molecule has 5 nitrogen and oxygen atoms in total. The molecule has 2 fully saturated rings. The fraction of sp³-hybridized carbons (Fsp3) is 0.607. The van der Waals surface area contributed by atoms with E-state index in [4.69, 9.17) is 4.74 Å². The zero-order valence-corrected chi connectivity index (χ0v) is 19.9. The molecule has 1 aromatic carbocycles. The van der Waals surface area contributed by atoms with Crippen molar-refractivity contribution in [3.8, 4) is 17.6 Å². The van der Waals surface area contributed by atoms with Gasteiger partial charge in [0.2, 0.25) is 5.91 Å². The number of fused-ring (bicyclic) bond motifs is 3. The lowest BCUT2D eigenvalue weighted by Gasteiger charge is -2.19. The number of likely N-dealkylation sites (tertiary alicyclic amines) is 1. The molecule has 0 unspecified atom stereocenters. The molecule has 2 aliphatic heterocycles. The smallest absolute Gasteiger partial charge is 0.222 e. The van der Waals surface area contributed by atoms with Crippen LogP contribution < -0.4 is 4.74 Å². The summed E-state index contributed by atoms with van der Waals surface area (Å²) in [4.78, 5) is 14.4. The van der Waals surface area contributed by atoms with Crippen molar-refractivity contribution in [1.29, 1.82) is 0 Å². The van der Waals surface area contributed by atoms with Crippen molar-refractivity contribution in [3.05, 3.63) is 41.5 Å². The number of para-hydroxylation sites is 1. The Morgan fingerprint density at radius 1 is 1.33 bits per heavy atom. The predicted molar refractivity (Wildman–Crippen MR) is 129 cm³/mol. The Hall–Kier alpha value is -2.29. The topological polar surface area (TPSA) is 70.0 Å². The molecular formula is C28H37NO4. The molecule has 2 heterocycles. The van der Waals surface area contributed by atoms with Crippen LogP contribution in [0.25, 0.3) is 0 Å². The molecule has 5 heteroatoms. The Kier molecular flexibility index (Phi) is 7.78. The lowest BCUT2D eigenvalue weighted by Crippen LogP contribution is -2.27. The maximum atomic E-state index is 12.4. The quantitative estimate of drug-likeness (QED) is 0.466. The molecule has 2 N–H and O–H groups in total. The molecule has 0 aromatic heterocycles. The van der Waals surface area contributed by atoms with Gasteiger partial charge in [-0.05, 0) is 44.1 Å². The SMILES string of the molecule is CC#CC[C@H](C)[C@H](O)/C=C/[C@@H]1[C@H]2c3cccc(CCCC(=O)N4CCCC4)c3O[C@H]2C[C@H]1O. The van der Waals surface area contributed by atoms with Gasteiger partial charge in [0.25, 0.3) is 0 Å². The highest BCUT2D eigenvalue weighted by atomic mass is 16.5. The molecule has 1 saturated carbocycles. The van der Waals surface area contributed by atoms with Gasteiger partial charge in [0.05, 0.1) is 12.2 Å². The van der Waals surface area contributed by atoms with Crippen LogP contribution in [0.1, 0.15) is 69.4 Å². The second-order valence-electron chi connectivity index (χ2n) is 9.82. The number of carbonyl (C=O) groups excluding carboxylic acids is 1. The largest absolute Gasteiger partial charge is 0.489 e. The molecule has 178 valence electrons. The Labute approximate surface area is 197 Å². The van der Waals surface area contributed by atoms with Gasteiger partial charge in [-0.1, -0.05) is 37.3 Å². The average Bonchev–Trinajstić information content (AvgIpc) is 3.52. The van der Waals surface area contributed by atoms with Gasteiger partial charge in [-0.15, -0.1) is 11.8 Å². The van der Waals surface area contributed by atoms with E-state index in [0.29, 0.717) is 19.3 Å². The van der Waals surface area contributed by atoms with Gasteiger partial charge in [0.15, 0.2) is 0 Å². The molecule has 1 aromatic rings. The molecule has 4 rings (SSSR count). The van der Waals surface area contributed by atoms with Gasteiger partial charge in [0, 0.05) is 49.8 Å². The number of benzene rings is 1. The fourth-order valence-electron chi connectivity index (χ4n) is 5.54. The maximum Gasteiger partial charge on any atom is 0.222 e. The van der Waals surface area contributed by atoms with Gasteiger partial charge >= 0.3 is 0 Å². The highest BCUT2D eigenvalue weighted by Gasteiger charge is 2.48. The summed E-state index contributed by atoms with van der Waals surface area (Å²) in [7, 11) is 0. The number of ether oxygens (including phenoxy) is 1. The van der Waals surface area contributed by atoms with E-state index < -0.39 is 12.2 Å². The lowest BCUT2D eigenvalue weighted by atomic mass is 9.86. The molecular weight excluding hydrogens is 414 g/mol. The first-order chi connectivity index (χ1) is 16.0. The van der Waals surface area contributed by atoms with Gasteiger partial charge in [-0.2, -0.15) is 0 Å². The highest BCUT2D eigenvalue weighted by molar-refractivity contribution is 5.76. The Balaban J connectivity index is 1.41. The number of aryl methyl sites for hydroxylation is 1. The van der Waals surface area contributed by atoms with Crippen LogP contribution >= 0.6 is 0 Å². The van der Waals surface area contributed by atoms with E-state index in [1.165, 1.54) is 0 Å². The summed E-state index contributed by atoms with van der Waals surface area (Å²) >= 11 is 0. The van der Waals surface area contributed by atoms with E-state index in [0.717, 1.165) is 55.6 Å². The minimum Gasteiger partial charge on any atom is -0.489 e. The van der Waals surface area contributed by atoms with Crippen LogP contribution in [0.5, 0.6) is 5.75 Å². The number of nitrogens with zero attached hydrogens (tertiary/aromatic N) is 1. The maximum absolute atomic E-state index is 12.4. The van der Waals surface area contributed by atoms with Crippen LogP contribution in [0.2, 0.25) is 0 Å². The van der Waals surface area contributed by atoms with Crippen molar-refractivity contribution in [2.24, 2.45) is 11.8 Å². The highest BCUT2D eigenvalue weighted by Crippen LogP contribution is 2.52. The predicted octanol–water partition coefficient (Wildman–Crippen LogP) is 3.82. The first kappa shape index (κ1) is 23.9. The molecule has 33 heavy (non-hydrogen) atoms. The van der Waals surface area contributed by atoms with Gasteiger partial charge in [0.1, 0.15) is 11.9 Å². The summed E-state index contributed by atoms with van der Waals surface area (Å²) in [5.41, 5.74) is 2.30. The van der Waals surface area contributed by atoms with Crippen molar-refractivity contribution in [1.82, 2.24) is 4.90 Å². The third kappa shape index (κ3) is 5.28. The summed E-state index contributed by atoms with van der Waals surface area (Å²) in [5, 5.41) is 21.2. The minimum atomic E-state index is -0.585. The number of carbonyl (C=O) groups is 1. The molecule has 0 bridgehead atoms. The number of aliphatic hydroxyl groups excluding tert-OH is 2. The van der Waals surface area contributed by atoms with E-state index in [1.54, 1.807) is 6.92 Å². The first-order valence-electron chi connectivity index (χ1n) is 12.5. The second-order valence-corrected chi connectivity index (χ2v) is 9.82. The second kappa shape index (κ2) is 10.8. The molecule has 1 amide bonds. The third-order valence-corrected chi connectivity index (χ3v) is 7.50. The number of aliphatic hydroxyl groups is 2. The minimum absolute atomic E-state index is 0.0439. The number of hydrogen-bond acceptors (Lipinski definition) is 4. The molecule has 1 saturated heterocycles. The van der Waals surface area contributed by atoms with Crippen LogP contribution in [0.4, 0.5) is 0 Å². The van der Waals surface area contributed by atoms with Crippen LogP contribution in [0.15, 0.2) is 30.4 Å². The van der Waals surface area contributed by atoms with Crippen molar-refractivity contribution in [3.63, 3.8) is 0 Å². The van der Waals surface area contributed by atoms with Crippen molar-refractivity contribution < 1.29 is 19.7 Å². The van der Waals surface area contributed by atoms with Crippen molar-refractivity contribution in [2.45, 2.75) is 83.0 Å². The number of amides is 1. The van der Waals surface area contributed by atoms with Crippen LogP contribution in [-0.4, -0.2) is 52.4 Å². The molecule has 1 aliphatic carbocycles. The Morgan fingerprint density at radius 2 is 2.12 bits per heavy atom. The van der Waals surface area contributed by atoms with Crippen molar-refractivity contribution in [2.75, 3.05) is 13.1 Å². The van der Waals surface area contributed by atoms with Crippen LogP contribution in [0.3, 0.4) is 0 Å². The molecule has 0 radical (unpaired) electrons. The summed E-state index contributed by atoms with van der Waals surface area (Å²) in [6.07, 6.45) is 8.41. The Bertz CT molecular complexity index is 924. The van der Waals surface area contributed by atoms with Crippen molar-refractivity contribution >= 4 is 5.91 Å². The number of rotatable bonds is 8. The lowest BCUT2D eigenvalue weighted by molar-refractivity contribution is -0.130. The zero-order chi connectivity index (χ0) is 23.4. The van der Waals surface area contributed by atoms with E-state index in [9.17, 15) is 15.0 Å². The van der Waals surface area contributed by atoms with Gasteiger partial charge < -0.3 is 19.8 Å². The summed E-state index contributed by atoms with van der Waals surface area (Å²) in [6.45, 7) is 5.61. The van der Waals surface area contributed by atoms with Crippen LogP contribution in [-0.2, 0) is 11.2 Å². The normalized spacial score (nSPS) is 27.6. The summed E-state index contributed by atoms with van der Waals surface area (Å²) in [6, 6.07) is 6.27. The molecule has 0 spiro atoms. The number of hydrogen-bond donors (Lipinski definition) is 2. The van der Waals surface area contributed by atoms with Gasteiger partial charge in [-0.25, -0.2) is 0 Å². The first-order valence-corrected chi connectivity index (χ1v) is 12.5. The van der Waals surface area contributed by atoms with E-state index >= 15 is 0 Å². The summed E-state index contributed by atoms with van der Waals surface area (Å²) in [5.74, 6) is 7.17. The third-order valence-electron chi connectivity index (χ3n) is 7.50. The van der Waals surface area contributed by atoms with E-state index in [1.807, 2.05) is 24.0 Å². The van der Waals surface area contributed by atoms with E-state index in [2.05, 4.69) is 30.0 Å². The van der Waals surface area contributed by atoms with Crippen LogP contribution in [0, 0.1) is 23.7 Å². The zero-order valence-electron chi connectivity index (χ0n) is 19.9. The molecule has 3 aliphatic rings. The Morgan fingerprint density at radius 3 is 2.88 bits per heavy atom. The molecule has 6 atom stereocenters. The fourth-order valence-corrected chi connectivity index (χ4v) is 5.54. The monoisotopic (exact) mass is 451 g/mol.